The molecule has 2 aromatic heterocycles. The zero-order chi connectivity index (χ0) is 16.3. The van der Waals surface area contributed by atoms with Crippen LogP contribution >= 0.6 is 15.9 Å². The molecule has 0 bridgehead atoms. The Hall–Kier alpha value is -2.03. The molecule has 2 heterocycles. The first-order chi connectivity index (χ1) is 10.4. The number of hydrazone groups is 1. The number of nitrogens with zero attached hydrogens (tertiary/aromatic N) is 5. The summed E-state index contributed by atoms with van der Waals surface area (Å²) in [7, 11) is 0. The van der Waals surface area contributed by atoms with Gasteiger partial charge in [0, 0.05) is 6.54 Å². The van der Waals surface area contributed by atoms with Gasteiger partial charge in [0.15, 0.2) is 0 Å². The lowest BCUT2D eigenvalue weighted by molar-refractivity contribution is -0.121. The Bertz CT molecular complexity index is 720. The van der Waals surface area contributed by atoms with Crippen LogP contribution in [0.4, 0.5) is 4.39 Å². The first-order valence-corrected chi connectivity index (χ1v) is 7.46. The molecular formula is C13H16BrFN6O. The number of amides is 1. The van der Waals surface area contributed by atoms with Crippen molar-refractivity contribution in [2.45, 2.75) is 33.9 Å². The average molecular weight is 371 g/mol. The minimum Gasteiger partial charge on any atom is -0.271 e. The Morgan fingerprint density at radius 3 is 2.77 bits per heavy atom. The molecule has 0 spiro atoms. The van der Waals surface area contributed by atoms with E-state index in [0.717, 1.165) is 15.9 Å². The van der Waals surface area contributed by atoms with Gasteiger partial charge in [-0.2, -0.15) is 19.7 Å². The molecule has 0 saturated heterocycles. The third kappa shape index (κ3) is 3.41. The maximum absolute atomic E-state index is 13.7. The number of aromatic nitrogens is 4. The van der Waals surface area contributed by atoms with Crippen LogP contribution in [0.5, 0.6) is 0 Å². The molecule has 2 rings (SSSR count). The van der Waals surface area contributed by atoms with Gasteiger partial charge in [0.25, 0.3) is 5.91 Å². The van der Waals surface area contributed by atoms with E-state index < -0.39 is 5.95 Å². The molecule has 0 aliphatic heterocycles. The quantitative estimate of drug-likeness (QED) is 0.643. The first-order valence-electron chi connectivity index (χ1n) is 6.66. The summed E-state index contributed by atoms with van der Waals surface area (Å²) in [4.78, 5) is 11.8. The van der Waals surface area contributed by atoms with Gasteiger partial charge in [0.1, 0.15) is 6.54 Å². The first kappa shape index (κ1) is 16.3. The maximum Gasteiger partial charge on any atom is 0.261 e. The summed E-state index contributed by atoms with van der Waals surface area (Å²) < 4.78 is 17.3. The highest BCUT2D eigenvalue weighted by Gasteiger charge is 2.11. The van der Waals surface area contributed by atoms with Crippen LogP contribution in [0.1, 0.15) is 23.9 Å². The second-order valence-electron chi connectivity index (χ2n) is 4.64. The van der Waals surface area contributed by atoms with Crippen LogP contribution in [0.25, 0.3) is 0 Å². The van der Waals surface area contributed by atoms with Crippen molar-refractivity contribution in [1.29, 1.82) is 0 Å². The van der Waals surface area contributed by atoms with Gasteiger partial charge >= 0.3 is 0 Å². The fourth-order valence-electron chi connectivity index (χ4n) is 1.87. The minimum absolute atomic E-state index is 0.0340. The Kier molecular flexibility index (Phi) is 5.07. The Morgan fingerprint density at radius 1 is 1.50 bits per heavy atom. The molecule has 0 fully saturated rings. The smallest absolute Gasteiger partial charge is 0.261 e. The highest BCUT2D eigenvalue weighted by atomic mass is 79.9. The predicted molar refractivity (Wildman–Crippen MR) is 83.0 cm³/mol. The van der Waals surface area contributed by atoms with E-state index in [1.165, 1.54) is 17.1 Å². The molecule has 22 heavy (non-hydrogen) atoms. The third-order valence-electron chi connectivity index (χ3n) is 3.08. The van der Waals surface area contributed by atoms with Gasteiger partial charge in [0.2, 0.25) is 5.95 Å². The van der Waals surface area contributed by atoms with Crippen molar-refractivity contribution in [3.63, 3.8) is 0 Å². The summed E-state index contributed by atoms with van der Waals surface area (Å²) in [5.41, 5.74) is 4.22. The van der Waals surface area contributed by atoms with Gasteiger partial charge in [-0.25, -0.2) is 10.1 Å². The van der Waals surface area contributed by atoms with E-state index in [0.29, 0.717) is 6.54 Å². The molecule has 118 valence electrons. The third-order valence-corrected chi connectivity index (χ3v) is 4.23. The molecular weight excluding hydrogens is 355 g/mol. The van der Waals surface area contributed by atoms with Gasteiger partial charge in [-0.3, -0.25) is 9.48 Å². The number of rotatable bonds is 5. The number of carbonyl (C=O) groups excluding carboxylic acids is 1. The summed E-state index contributed by atoms with van der Waals surface area (Å²) in [5, 5.41) is 11.8. The lowest BCUT2D eigenvalue weighted by atomic mass is 10.4. The van der Waals surface area contributed by atoms with Crippen molar-refractivity contribution in [3.05, 3.63) is 33.6 Å². The Morgan fingerprint density at radius 2 is 2.23 bits per heavy atom. The Labute approximate surface area is 135 Å². The van der Waals surface area contributed by atoms with Crippen LogP contribution in [0, 0.1) is 19.8 Å². The predicted octanol–water partition coefficient (Wildman–Crippen LogP) is 1.77. The summed E-state index contributed by atoms with van der Waals surface area (Å²) in [6.07, 6.45) is 2.58. The van der Waals surface area contributed by atoms with E-state index in [4.69, 9.17) is 0 Å². The van der Waals surface area contributed by atoms with E-state index in [2.05, 4.69) is 36.7 Å². The number of halogens is 2. The molecule has 0 atom stereocenters. The second-order valence-corrected chi connectivity index (χ2v) is 5.44. The number of nitrogens with one attached hydrogen (secondary N) is 1. The Balaban J connectivity index is 1.96. The lowest BCUT2D eigenvalue weighted by Gasteiger charge is -2.02. The molecule has 7 nitrogen and oxygen atoms in total. The molecule has 0 unspecified atom stereocenters. The molecule has 0 radical (unpaired) electrons. The fraction of sp³-hybridized carbons (Fsp3) is 0.385. The fourth-order valence-corrected chi connectivity index (χ4v) is 2.15. The van der Waals surface area contributed by atoms with E-state index in [1.54, 1.807) is 11.6 Å². The van der Waals surface area contributed by atoms with Crippen molar-refractivity contribution in [3.8, 4) is 0 Å². The van der Waals surface area contributed by atoms with Gasteiger partial charge < -0.3 is 0 Å². The van der Waals surface area contributed by atoms with Gasteiger partial charge in [-0.15, -0.1) is 0 Å². The number of hydrogen-bond acceptors (Lipinski definition) is 4. The van der Waals surface area contributed by atoms with Gasteiger partial charge in [-0.1, -0.05) is 0 Å². The van der Waals surface area contributed by atoms with Crippen molar-refractivity contribution in [2.75, 3.05) is 0 Å². The monoisotopic (exact) mass is 370 g/mol. The van der Waals surface area contributed by atoms with Crippen molar-refractivity contribution in [1.82, 2.24) is 25.0 Å². The molecule has 0 aliphatic carbocycles. The van der Waals surface area contributed by atoms with Crippen LogP contribution < -0.4 is 5.43 Å². The molecule has 9 heteroatoms. The summed E-state index contributed by atoms with van der Waals surface area (Å²) >= 11 is 3.39. The normalized spacial score (nSPS) is 11.3. The van der Waals surface area contributed by atoms with E-state index in [-0.39, 0.29) is 18.0 Å². The van der Waals surface area contributed by atoms with E-state index in [1.807, 2.05) is 13.8 Å². The van der Waals surface area contributed by atoms with Crippen LogP contribution in [0.2, 0.25) is 0 Å². The molecule has 1 N–H and O–H groups in total. The van der Waals surface area contributed by atoms with Crippen LogP contribution in [0.3, 0.4) is 0 Å². The molecule has 0 aliphatic rings. The van der Waals surface area contributed by atoms with Crippen molar-refractivity contribution in [2.24, 2.45) is 5.10 Å². The largest absolute Gasteiger partial charge is 0.271 e. The van der Waals surface area contributed by atoms with Crippen LogP contribution in [-0.4, -0.2) is 31.7 Å². The standard InChI is InChI=1S/C13H16BrFN6O/c1-4-20-13(15)10(6-17-20)5-16-18-11(22)7-21-9(3)12(14)8(2)19-21/h5-6H,4,7H2,1-3H3,(H,18,22). The topological polar surface area (TPSA) is 77.1 Å². The molecule has 0 aromatic carbocycles. The number of carbonyl (C=O) groups is 1. The van der Waals surface area contributed by atoms with Crippen molar-refractivity contribution < 1.29 is 9.18 Å². The molecule has 0 saturated carbocycles. The SMILES string of the molecule is CCn1ncc(C=NNC(=O)Cn2nc(C)c(Br)c2C)c1F. The van der Waals surface area contributed by atoms with Crippen LogP contribution in [-0.2, 0) is 17.9 Å². The average Bonchev–Trinajstić information content (AvgIpc) is 2.95. The summed E-state index contributed by atoms with van der Waals surface area (Å²) in [5.74, 6) is -0.833. The molecule has 2 aromatic rings. The minimum atomic E-state index is -0.483. The number of aryl methyl sites for hydroxylation is 2. The summed E-state index contributed by atoms with van der Waals surface area (Å²) in [6, 6.07) is 0. The highest BCUT2D eigenvalue weighted by Crippen LogP contribution is 2.19. The van der Waals surface area contributed by atoms with Gasteiger partial charge in [-0.05, 0) is 36.7 Å². The zero-order valence-electron chi connectivity index (χ0n) is 12.5. The molecule has 1 amide bonds. The van der Waals surface area contributed by atoms with E-state index in [9.17, 15) is 9.18 Å². The van der Waals surface area contributed by atoms with Gasteiger partial charge in [0.05, 0.1) is 33.8 Å². The van der Waals surface area contributed by atoms with E-state index >= 15 is 0 Å². The summed E-state index contributed by atoms with van der Waals surface area (Å²) in [6.45, 7) is 5.95. The maximum atomic E-state index is 13.7. The second kappa shape index (κ2) is 6.82. The number of hydrogen-bond donors (Lipinski definition) is 1. The van der Waals surface area contributed by atoms with Crippen molar-refractivity contribution >= 4 is 28.1 Å². The highest BCUT2D eigenvalue weighted by molar-refractivity contribution is 9.10. The zero-order valence-corrected chi connectivity index (χ0v) is 14.1. The van der Waals surface area contributed by atoms with Crippen LogP contribution in [0.15, 0.2) is 15.8 Å². The lowest BCUT2D eigenvalue weighted by Crippen LogP contribution is -2.24.